The fourth-order valence-electron chi connectivity index (χ4n) is 4.54. The van der Waals surface area contributed by atoms with Crippen molar-refractivity contribution < 1.29 is 24.2 Å². The lowest BCUT2D eigenvalue weighted by Crippen LogP contribution is -2.46. The molecule has 0 spiro atoms. The molecule has 0 saturated carbocycles. The molecule has 3 rings (SSSR count). The van der Waals surface area contributed by atoms with Gasteiger partial charge in [-0.2, -0.15) is 0 Å². The van der Waals surface area contributed by atoms with Gasteiger partial charge >= 0.3 is 0 Å². The van der Waals surface area contributed by atoms with Crippen molar-refractivity contribution >= 4 is 11.7 Å². The number of amides is 1. The van der Waals surface area contributed by atoms with Crippen LogP contribution in [-0.2, 0) is 4.79 Å². The second kappa shape index (κ2) is 13.9. The molecule has 2 N–H and O–H groups in total. The Kier molecular flexibility index (Phi) is 10.6. The van der Waals surface area contributed by atoms with Crippen LogP contribution in [0.1, 0.15) is 67.0 Å². The maximum Gasteiger partial charge on any atom is 0.220 e. The van der Waals surface area contributed by atoms with E-state index < -0.39 is 12.1 Å². The minimum atomic E-state index is -0.863. The lowest BCUT2D eigenvalue weighted by Gasteiger charge is -2.29. The molecule has 7 nitrogen and oxygen atoms in total. The first kappa shape index (κ1) is 26.7. The number of carbonyl (C=O) groups excluding carboxylic acids is 2. The summed E-state index contributed by atoms with van der Waals surface area (Å²) in [6.45, 7) is 2.56. The smallest absolute Gasteiger partial charge is 0.220 e. The predicted molar refractivity (Wildman–Crippen MR) is 136 cm³/mol. The summed E-state index contributed by atoms with van der Waals surface area (Å²) < 4.78 is 10.6. The van der Waals surface area contributed by atoms with Gasteiger partial charge in [-0.25, -0.2) is 0 Å². The lowest BCUT2D eigenvalue weighted by atomic mass is 10.00. The van der Waals surface area contributed by atoms with Crippen LogP contribution in [-0.4, -0.2) is 61.6 Å². The molecule has 2 aromatic rings. The summed E-state index contributed by atoms with van der Waals surface area (Å²) in [5, 5.41) is 14.2. The third-order valence-electron chi connectivity index (χ3n) is 6.56. The molecule has 1 heterocycles. The Labute approximate surface area is 208 Å². The number of likely N-dealkylation sites (tertiary alicyclic amines) is 1. The number of methoxy groups -OCH3 is 2. The van der Waals surface area contributed by atoms with Crippen LogP contribution in [0.2, 0.25) is 0 Å². The number of aliphatic hydroxyl groups excluding tert-OH is 1. The third-order valence-corrected chi connectivity index (χ3v) is 6.56. The van der Waals surface area contributed by atoms with Crippen molar-refractivity contribution in [1.82, 2.24) is 10.2 Å². The molecule has 1 saturated heterocycles. The van der Waals surface area contributed by atoms with Crippen LogP contribution >= 0.6 is 0 Å². The Hall–Kier alpha value is -2.90. The predicted octanol–water partition coefficient (Wildman–Crippen LogP) is 4.15. The van der Waals surface area contributed by atoms with Crippen LogP contribution in [0.3, 0.4) is 0 Å². The number of para-hydroxylation sites is 1. The van der Waals surface area contributed by atoms with E-state index in [2.05, 4.69) is 10.2 Å². The van der Waals surface area contributed by atoms with Crippen molar-refractivity contribution in [3.63, 3.8) is 0 Å². The largest absolute Gasteiger partial charge is 0.497 e. The first-order valence-corrected chi connectivity index (χ1v) is 12.5. The SMILES string of the molecule is COc1ccc(C(=O)CCCCCC(=O)N[C@H](CN2CCCC2)[C@H](O)c2ccccc2OC)cc1. The average Bonchev–Trinajstić information content (AvgIpc) is 3.40. The van der Waals surface area contributed by atoms with Gasteiger partial charge in [-0.3, -0.25) is 9.59 Å². The van der Waals surface area contributed by atoms with Gasteiger partial charge < -0.3 is 24.8 Å². The van der Waals surface area contributed by atoms with Crippen LogP contribution in [0, 0.1) is 0 Å². The summed E-state index contributed by atoms with van der Waals surface area (Å²) in [6, 6.07) is 14.1. The van der Waals surface area contributed by atoms with E-state index in [0.717, 1.165) is 44.5 Å². The second-order valence-corrected chi connectivity index (χ2v) is 9.08. The highest BCUT2D eigenvalue weighted by Gasteiger charge is 2.28. The van der Waals surface area contributed by atoms with E-state index in [9.17, 15) is 14.7 Å². The number of hydrogen-bond acceptors (Lipinski definition) is 6. The van der Waals surface area contributed by atoms with Crippen LogP contribution in [0.4, 0.5) is 0 Å². The maximum atomic E-state index is 12.7. The fraction of sp³-hybridized carbons (Fsp3) is 0.500. The molecule has 2 atom stereocenters. The van der Waals surface area contributed by atoms with E-state index in [1.54, 1.807) is 38.5 Å². The number of ether oxygens (including phenoxy) is 2. The molecule has 0 aromatic heterocycles. The van der Waals surface area contributed by atoms with Gasteiger partial charge in [-0.15, -0.1) is 0 Å². The van der Waals surface area contributed by atoms with Gasteiger partial charge in [-0.1, -0.05) is 24.6 Å². The molecule has 35 heavy (non-hydrogen) atoms. The molecular formula is C28H38N2O5. The number of aliphatic hydroxyl groups is 1. The molecule has 0 unspecified atom stereocenters. The number of nitrogens with zero attached hydrogens (tertiary/aromatic N) is 1. The number of rotatable bonds is 14. The lowest BCUT2D eigenvalue weighted by molar-refractivity contribution is -0.123. The number of ketones is 1. The Bertz CT molecular complexity index is 941. The standard InChI is InChI=1S/C28H38N2O5/c1-34-22-16-14-21(15-17-22)25(31)11-4-3-5-13-27(32)29-24(20-30-18-8-9-19-30)28(33)23-10-6-7-12-26(23)35-2/h6-7,10,12,14-17,24,28,33H,3-5,8-9,11,13,18-20H2,1-2H3,(H,29,32)/t24-,28-/m1/s1. The number of nitrogens with one attached hydrogen (secondary N) is 1. The van der Waals surface area contributed by atoms with E-state index in [1.807, 2.05) is 24.3 Å². The highest BCUT2D eigenvalue weighted by atomic mass is 16.5. The number of hydrogen-bond donors (Lipinski definition) is 2. The highest BCUT2D eigenvalue weighted by molar-refractivity contribution is 5.96. The van der Waals surface area contributed by atoms with Crippen LogP contribution in [0.25, 0.3) is 0 Å². The van der Waals surface area contributed by atoms with Gasteiger partial charge in [-0.05, 0) is 69.1 Å². The number of unbranched alkanes of at least 4 members (excludes halogenated alkanes) is 2. The molecule has 1 aliphatic rings. The molecule has 7 heteroatoms. The van der Waals surface area contributed by atoms with E-state index >= 15 is 0 Å². The van der Waals surface area contributed by atoms with Crippen molar-refractivity contribution in [1.29, 1.82) is 0 Å². The molecule has 0 aliphatic carbocycles. The van der Waals surface area contributed by atoms with Crippen LogP contribution < -0.4 is 14.8 Å². The maximum absolute atomic E-state index is 12.7. The van der Waals surface area contributed by atoms with Gasteiger partial charge in [0.2, 0.25) is 5.91 Å². The number of carbonyl (C=O) groups is 2. The Morgan fingerprint density at radius 2 is 1.63 bits per heavy atom. The number of Topliss-reactive ketones (excluding diaryl/α,β-unsaturated/α-hetero) is 1. The summed E-state index contributed by atoms with van der Waals surface area (Å²) in [5.74, 6) is 1.36. The summed E-state index contributed by atoms with van der Waals surface area (Å²) in [6.07, 6.45) is 4.46. The van der Waals surface area contributed by atoms with Gasteiger partial charge in [0.25, 0.3) is 0 Å². The van der Waals surface area contributed by atoms with Gasteiger partial charge in [0.05, 0.1) is 20.3 Å². The quantitative estimate of drug-likeness (QED) is 0.311. The molecule has 190 valence electrons. The van der Waals surface area contributed by atoms with Gasteiger partial charge in [0.15, 0.2) is 5.78 Å². The van der Waals surface area contributed by atoms with Crippen molar-refractivity contribution in [3.8, 4) is 11.5 Å². The molecule has 0 bridgehead atoms. The summed E-state index contributed by atoms with van der Waals surface area (Å²) in [7, 11) is 3.18. The molecule has 1 fully saturated rings. The average molecular weight is 483 g/mol. The molecule has 0 radical (unpaired) electrons. The zero-order valence-electron chi connectivity index (χ0n) is 20.9. The van der Waals surface area contributed by atoms with E-state index in [4.69, 9.17) is 9.47 Å². The summed E-state index contributed by atoms with van der Waals surface area (Å²) in [4.78, 5) is 27.4. The minimum Gasteiger partial charge on any atom is -0.497 e. The highest BCUT2D eigenvalue weighted by Crippen LogP contribution is 2.28. The van der Waals surface area contributed by atoms with Gasteiger partial charge in [0.1, 0.15) is 17.6 Å². The van der Waals surface area contributed by atoms with Crippen molar-refractivity contribution in [2.24, 2.45) is 0 Å². The van der Waals surface area contributed by atoms with Gasteiger partial charge in [0, 0.05) is 30.5 Å². The zero-order chi connectivity index (χ0) is 25.0. The second-order valence-electron chi connectivity index (χ2n) is 9.08. The van der Waals surface area contributed by atoms with Crippen LogP contribution in [0.15, 0.2) is 48.5 Å². The topological polar surface area (TPSA) is 88.1 Å². The Morgan fingerprint density at radius 1 is 0.943 bits per heavy atom. The van der Waals surface area contributed by atoms with E-state index in [-0.39, 0.29) is 11.7 Å². The zero-order valence-corrected chi connectivity index (χ0v) is 20.9. The normalized spacial score (nSPS) is 15.4. The monoisotopic (exact) mass is 482 g/mol. The fourth-order valence-corrected chi connectivity index (χ4v) is 4.54. The summed E-state index contributed by atoms with van der Waals surface area (Å²) >= 11 is 0. The molecule has 1 aliphatic heterocycles. The Balaban J connectivity index is 1.47. The molecule has 2 aromatic carbocycles. The van der Waals surface area contributed by atoms with Crippen molar-refractivity contribution in [2.45, 2.75) is 57.1 Å². The Morgan fingerprint density at radius 3 is 2.31 bits per heavy atom. The van der Waals surface area contributed by atoms with Crippen LogP contribution in [0.5, 0.6) is 11.5 Å². The van der Waals surface area contributed by atoms with Crippen molar-refractivity contribution in [2.75, 3.05) is 33.9 Å². The first-order chi connectivity index (χ1) is 17.0. The minimum absolute atomic E-state index is 0.0791. The summed E-state index contributed by atoms with van der Waals surface area (Å²) in [5.41, 5.74) is 1.36. The third kappa shape index (κ3) is 8.08. The van der Waals surface area contributed by atoms with E-state index in [1.165, 1.54) is 0 Å². The molecule has 1 amide bonds. The van der Waals surface area contributed by atoms with E-state index in [0.29, 0.717) is 42.7 Å². The number of benzene rings is 2. The molecular weight excluding hydrogens is 444 g/mol. The van der Waals surface area contributed by atoms with Crippen molar-refractivity contribution in [3.05, 3.63) is 59.7 Å². The first-order valence-electron chi connectivity index (χ1n) is 12.5.